The quantitative estimate of drug-likeness (QED) is 0.228. The molecule has 1 aliphatic rings. The van der Waals surface area contributed by atoms with E-state index in [1.165, 1.54) is 6.07 Å². The maximum absolute atomic E-state index is 13.1. The Labute approximate surface area is 226 Å². The van der Waals surface area contributed by atoms with Crippen molar-refractivity contribution in [2.45, 2.75) is 20.0 Å². The fraction of sp³-hybridized carbons (Fsp3) is 0.172. The van der Waals surface area contributed by atoms with E-state index >= 15 is 0 Å². The fourth-order valence-electron chi connectivity index (χ4n) is 4.77. The van der Waals surface area contributed by atoms with Crippen LogP contribution >= 0.6 is 23.2 Å². The van der Waals surface area contributed by atoms with Crippen molar-refractivity contribution in [2.75, 3.05) is 13.3 Å². The Balaban J connectivity index is 1.44. The van der Waals surface area contributed by atoms with Crippen LogP contribution in [0.15, 0.2) is 79.1 Å². The molecule has 0 radical (unpaired) electrons. The zero-order valence-corrected chi connectivity index (χ0v) is 21.8. The van der Waals surface area contributed by atoms with Gasteiger partial charge in [0, 0.05) is 35.5 Å². The van der Waals surface area contributed by atoms with Gasteiger partial charge in [0.1, 0.15) is 18.1 Å². The highest BCUT2D eigenvalue weighted by atomic mass is 35.5. The SMILES string of the molecule is CCOc1cccc2cc(-c3cc(=O)oc4c5c(ccc34)OCN(Cc3ccc(Cl)c(Cl)c3)C5)c(=O)oc12. The maximum Gasteiger partial charge on any atom is 0.344 e. The second-order valence-electron chi connectivity index (χ2n) is 8.96. The summed E-state index contributed by atoms with van der Waals surface area (Å²) in [5.74, 6) is 1.11. The second-order valence-corrected chi connectivity index (χ2v) is 9.78. The third kappa shape index (κ3) is 4.43. The minimum Gasteiger partial charge on any atom is -0.490 e. The molecule has 2 aromatic heterocycles. The maximum atomic E-state index is 13.1. The van der Waals surface area contributed by atoms with E-state index in [0.717, 1.165) is 11.1 Å². The number of ether oxygens (including phenoxy) is 2. The first-order chi connectivity index (χ1) is 18.4. The van der Waals surface area contributed by atoms with Gasteiger partial charge in [-0.3, -0.25) is 4.90 Å². The fourth-order valence-corrected chi connectivity index (χ4v) is 5.10. The predicted octanol–water partition coefficient (Wildman–Crippen LogP) is 6.62. The molecular formula is C29H21Cl2NO6. The molecule has 0 spiro atoms. The van der Waals surface area contributed by atoms with Gasteiger partial charge in [-0.25, -0.2) is 9.59 Å². The van der Waals surface area contributed by atoms with E-state index in [1.807, 2.05) is 42.2 Å². The third-order valence-corrected chi connectivity index (χ3v) is 7.20. The van der Waals surface area contributed by atoms with Gasteiger partial charge in [-0.15, -0.1) is 0 Å². The summed E-state index contributed by atoms with van der Waals surface area (Å²) in [5.41, 5.74) is 1.94. The Hall–Kier alpha value is -3.78. The van der Waals surface area contributed by atoms with Crippen molar-refractivity contribution in [3.63, 3.8) is 0 Å². The lowest BCUT2D eigenvalue weighted by molar-refractivity contribution is 0.0890. The molecule has 1 aliphatic heterocycles. The number of rotatable bonds is 5. The summed E-state index contributed by atoms with van der Waals surface area (Å²) in [5, 5.41) is 2.26. The minimum atomic E-state index is -0.579. The van der Waals surface area contributed by atoms with E-state index < -0.39 is 11.3 Å². The number of benzene rings is 3. The average molecular weight is 550 g/mol. The summed E-state index contributed by atoms with van der Waals surface area (Å²) >= 11 is 12.2. The summed E-state index contributed by atoms with van der Waals surface area (Å²) in [6, 6.07) is 17.5. The molecule has 38 heavy (non-hydrogen) atoms. The Morgan fingerprint density at radius 3 is 2.61 bits per heavy atom. The van der Waals surface area contributed by atoms with Gasteiger partial charge in [-0.05, 0) is 48.9 Å². The van der Waals surface area contributed by atoms with Crippen LogP contribution in [-0.2, 0) is 13.1 Å². The van der Waals surface area contributed by atoms with E-state index in [9.17, 15) is 9.59 Å². The Kier molecular flexibility index (Phi) is 6.35. The lowest BCUT2D eigenvalue weighted by atomic mass is 9.99. The van der Waals surface area contributed by atoms with Crippen molar-refractivity contribution in [2.24, 2.45) is 0 Å². The highest BCUT2D eigenvalue weighted by Gasteiger charge is 2.24. The van der Waals surface area contributed by atoms with Crippen LogP contribution in [0.25, 0.3) is 33.1 Å². The predicted molar refractivity (Wildman–Crippen MR) is 146 cm³/mol. The number of hydrogen-bond acceptors (Lipinski definition) is 7. The van der Waals surface area contributed by atoms with Gasteiger partial charge in [0.2, 0.25) is 0 Å². The minimum absolute atomic E-state index is 0.258. The Bertz CT molecular complexity index is 1830. The van der Waals surface area contributed by atoms with Crippen LogP contribution in [0.3, 0.4) is 0 Å². The molecule has 9 heteroatoms. The zero-order valence-electron chi connectivity index (χ0n) is 20.3. The third-order valence-electron chi connectivity index (χ3n) is 6.46. The molecule has 3 heterocycles. The normalized spacial score (nSPS) is 13.4. The molecule has 6 rings (SSSR count). The molecule has 0 unspecified atom stereocenters. The van der Waals surface area contributed by atoms with Crippen molar-refractivity contribution in [1.82, 2.24) is 4.90 Å². The van der Waals surface area contributed by atoms with Crippen LogP contribution in [0.4, 0.5) is 0 Å². The largest absolute Gasteiger partial charge is 0.490 e. The van der Waals surface area contributed by atoms with Crippen LogP contribution in [0.5, 0.6) is 11.5 Å². The average Bonchev–Trinajstić information content (AvgIpc) is 2.90. The highest BCUT2D eigenvalue weighted by molar-refractivity contribution is 6.42. The Morgan fingerprint density at radius 2 is 1.79 bits per heavy atom. The van der Waals surface area contributed by atoms with Crippen LogP contribution in [0.2, 0.25) is 10.0 Å². The topological polar surface area (TPSA) is 82.1 Å². The monoisotopic (exact) mass is 549 g/mol. The molecule has 0 bridgehead atoms. The summed E-state index contributed by atoms with van der Waals surface area (Å²) in [4.78, 5) is 27.9. The van der Waals surface area contributed by atoms with Gasteiger partial charge < -0.3 is 18.3 Å². The first-order valence-corrected chi connectivity index (χ1v) is 12.8. The van der Waals surface area contributed by atoms with Gasteiger partial charge >= 0.3 is 11.3 Å². The zero-order chi connectivity index (χ0) is 26.4. The van der Waals surface area contributed by atoms with E-state index in [0.29, 0.717) is 75.5 Å². The van der Waals surface area contributed by atoms with Gasteiger partial charge in [-0.2, -0.15) is 0 Å². The number of nitrogens with zero attached hydrogens (tertiary/aromatic N) is 1. The summed E-state index contributed by atoms with van der Waals surface area (Å²) < 4.78 is 22.9. The van der Waals surface area contributed by atoms with Crippen molar-refractivity contribution in [3.8, 4) is 22.6 Å². The van der Waals surface area contributed by atoms with Gasteiger partial charge in [0.05, 0.1) is 27.8 Å². The number of para-hydroxylation sites is 1. The molecule has 0 atom stereocenters. The summed E-state index contributed by atoms with van der Waals surface area (Å²) in [6.07, 6.45) is 0. The molecular weight excluding hydrogens is 529 g/mol. The van der Waals surface area contributed by atoms with E-state index in [1.54, 1.807) is 24.3 Å². The first-order valence-electron chi connectivity index (χ1n) is 12.0. The van der Waals surface area contributed by atoms with Crippen LogP contribution in [-0.4, -0.2) is 18.2 Å². The molecule has 192 valence electrons. The summed E-state index contributed by atoms with van der Waals surface area (Å²) in [6.45, 7) is 3.65. The number of fused-ring (bicyclic) bond motifs is 4. The van der Waals surface area contributed by atoms with Crippen molar-refractivity contribution in [3.05, 3.63) is 103 Å². The molecule has 3 aromatic carbocycles. The van der Waals surface area contributed by atoms with Crippen molar-refractivity contribution in [1.29, 1.82) is 0 Å². The molecule has 5 aromatic rings. The number of hydrogen-bond donors (Lipinski definition) is 0. The molecule has 0 saturated carbocycles. The first kappa shape index (κ1) is 24.6. The summed E-state index contributed by atoms with van der Waals surface area (Å²) in [7, 11) is 0. The lowest BCUT2D eigenvalue weighted by Crippen LogP contribution is -2.31. The second kappa shape index (κ2) is 9.83. The van der Waals surface area contributed by atoms with Crippen molar-refractivity contribution < 1.29 is 18.3 Å². The molecule has 7 nitrogen and oxygen atoms in total. The Morgan fingerprint density at radius 1 is 0.921 bits per heavy atom. The van der Waals surface area contributed by atoms with Crippen molar-refractivity contribution >= 4 is 45.1 Å². The van der Waals surface area contributed by atoms with Gasteiger partial charge in [0.15, 0.2) is 11.3 Å². The molecule has 0 N–H and O–H groups in total. The molecule has 0 aliphatic carbocycles. The molecule has 0 amide bonds. The van der Waals surface area contributed by atoms with Crippen LogP contribution < -0.4 is 20.7 Å². The number of halogens is 2. The van der Waals surface area contributed by atoms with E-state index in [-0.39, 0.29) is 5.56 Å². The molecule has 0 fully saturated rings. The van der Waals surface area contributed by atoms with E-state index in [4.69, 9.17) is 41.5 Å². The van der Waals surface area contributed by atoms with Crippen LogP contribution in [0, 0.1) is 0 Å². The standard InChI is InChI=1S/C29H21Cl2NO6/c1-2-35-25-5-3-4-17-11-20(29(34)38-27(17)25)19-12-26(33)37-28-18(19)7-9-24-21(28)14-32(15-36-24)13-16-6-8-22(30)23(31)10-16/h3-12H,2,13-15H2,1H3. The van der Waals surface area contributed by atoms with Gasteiger partial charge in [-0.1, -0.05) is 41.4 Å². The lowest BCUT2D eigenvalue weighted by Gasteiger charge is -2.29. The van der Waals surface area contributed by atoms with Crippen LogP contribution in [0.1, 0.15) is 18.1 Å². The highest BCUT2D eigenvalue weighted by Crippen LogP contribution is 2.37. The van der Waals surface area contributed by atoms with E-state index in [2.05, 4.69) is 0 Å². The smallest absolute Gasteiger partial charge is 0.344 e. The molecule has 0 saturated heterocycles. The van der Waals surface area contributed by atoms with Gasteiger partial charge in [0.25, 0.3) is 0 Å².